The summed E-state index contributed by atoms with van der Waals surface area (Å²) in [6, 6.07) is 13.7. The molecule has 0 bridgehead atoms. The van der Waals surface area contributed by atoms with E-state index in [4.69, 9.17) is 0 Å². The van der Waals surface area contributed by atoms with Crippen molar-refractivity contribution in [1.29, 1.82) is 0 Å². The van der Waals surface area contributed by atoms with Gasteiger partial charge < -0.3 is 0 Å². The first kappa shape index (κ1) is 10.2. The van der Waals surface area contributed by atoms with E-state index in [9.17, 15) is 0 Å². The molecule has 3 aromatic rings. The van der Waals surface area contributed by atoms with Crippen molar-refractivity contribution in [2.24, 2.45) is 0 Å². The van der Waals surface area contributed by atoms with E-state index in [0.29, 0.717) is 0 Å². The third-order valence-electron chi connectivity index (χ3n) is 4.34. The van der Waals surface area contributed by atoms with Crippen molar-refractivity contribution >= 4 is 45.8 Å². The summed E-state index contributed by atoms with van der Waals surface area (Å²) in [6.45, 7) is 0. The minimum atomic E-state index is 1.32. The number of fused-ring (bicyclic) bond motifs is 5. The van der Waals surface area contributed by atoms with E-state index in [1.807, 2.05) is 0 Å². The van der Waals surface area contributed by atoms with Gasteiger partial charge in [-0.1, -0.05) is 48.6 Å². The highest BCUT2D eigenvalue weighted by Crippen LogP contribution is 2.26. The van der Waals surface area contributed by atoms with Crippen LogP contribution in [-0.2, 0) is 0 Å². The van der Waals surface area contributed by atoms with Gasteiger partial charge >= 0.3 is 0 Å². The lowest BCUT2D eigenvalue weighted by atomic mass is 9.97. The molecule has 0 fully saturated rings. The van der Waals surface area contributed by atoms with E-state index in [-0.39, 0.29) is 0 Å². The van der Waals surface area contributed by atoms with Gasteiger partial charge in [-0.2, -0.15) is 0 Å². The highest BCUT2D eigenvalue weighted by atomic mass is 14.1. The van der Waals surface area contributed by atoms with E-state index < -0.39 is 0 Å². The summed E-state index contributed by atoms with van der Waals surface area (Å²) in [5.74, 6) is 0. The Hall–Kier alpha value is -2.60. The molecule has 0 nitrogen and oxygen atoms in total. The highest BCUT2D eigenvalue weighted by molar-refractivity contribution is 6.03. The largest absolute Gasteiger partial charge is 0.0610 e. The monoisotopic (exact) mass is 252 g/mol. The van der Waals surface area contributed by atoms with E-state index >= 15 is 0 Å². The fourth-order valence-corrected chi connectivity index (χ4v) is 3.32. The summed E-state index contributed by atoms with van der Waals surface area (Å²) >= 11 is 0. The lowest BCUT2D eigenvalue weighted by Crippen LogP contribution is -2.03. The van der Waals surface area contributed by atoms with Gasteiger partial charge in [0.1, 0.15) is 0 Å². The van der Waals surface area contributed by atoms with Crippen LogP contribution < -0.4 is 10.4 Å². The molecule has 5 rings (SSSR count). The number of allylic oxidation sites excluding steroid dienone is 2. The zero-order valence-corrected chi connectivity index (χ0v) is 10.9. The Kier molecular flexibility index (Phi) is 1.78. The normalized spacial score (nSPS) is 14.4. The van der Waals surface area contributed by atoms with Crippen molar-refractivity contribution in [1.82, 2.24) is 0 Å². The maximum atomic E-state index is 2.33. The van der Waals surface area contributed by atoms with Crippen molar-refractivity contribution in [3.8, 4) is 0 Å². The third-order valence-corrected chi connectivity index (χ3v) is 4.34. The molecule has 0 atom stereocenters. The SMILES string of the molecule is C1=Cc2cc3cc4c5c(ccc4cc3cc2=C1)=CC=C5. The van der Waals surface area contributed by atoms with Crippen molar-refractivity contribution < 1.29 is 0 Å². The molecular weight excluding hydrogens is 240 g/mol. The zero-order valence-electron chi connectivity index (χ0n) is 10.9. The van der Waals surface area contributed by atoms with E-state index in [1.165, 1.54) is 43.1 Å². The van der Waals surface area contributed by atoms with Gasteiger partial charge in [-0.05, 0) is 67.4 Å². The predicted octanol–water partition coefficient (Wildman–Crippen LogP) is 3.61. The number of hydrogen-bond donors (Lipinski definition) is 0. The minimum Gasteiger partial charge on any atom is -0.0610 e. The van der Waals surface area contributed by atoms with Crippen molar-refractivity contribution in [2.75, 3.05) is 0 Å². The quantitative estimate of drug-likeness (QED) is 0.536. The van der Waals surface area contributed by atoms with Crippen LogP contribution in [0.15, 0.2) is 48.6 Å². The second-order valence-corrected chi connectivity index (χ2v) is 5.52. The summed E-state index contributed by atoms with van der Waals surface area (Å²) < 4.78 is 0. The summed E-state index contributed by atoms with van der Waals surface area (Å²) in [5, 5.41) is 7.97. The second-order valence-electron chi connectivity index (χ2n) is 5.52. The molecule has 3 aromatic carbocycles. The van der Waals surface area contributed by atoms with Crippen molar-refractivity contribution in [2.45, 2.75) is 0 Å². The van der Waals surface area contributed by atoms with Gasteiger partial charge in [-0.25, -0.2) is 0 Å². The van der Waals surface area contributed by atoms with Crippen LogP contribution in [0.3, 0.4) is 0 Å². The highest BCUT2D eigenvalue weighted by Gasteiger charge is 2.07. The molecule has 0 N–H and O–H groups in total. The maximum absolute atomic E-state index is 2.33. The Morgan fingerprint density at radius 3 is 2.45 bits per heavy atom. The Bertz CT molecular complexity index is 1070. The molecule has 0 saturated heterocycles. The topological polar surface area (TPSA) is 0 Å². The van der Waals surface area contributed by atoms with Crippen LogP contribution in [0.1, 0.15) is 11.1 Å². The van der Waals surface area contributed by atoms with Crippen LogP contribution in [0.2, 0.25) is 0 Å². The summed E-state index contributed by atoms with van der Waals surface area (Å²) in [4.78, 5) is 0. The maximum Gasteiger partial charge on any atom is -0.00990 e. The van der Waals surface area contributed by atoms with Crippen molar-refractivity contribution in [3.05, 3.63) is 70.1 Å². The summed E-state index contributed by atoms with van der Waals surface area (Å²) in [7, 11) is 0. The molecule has 0 aliphatic heterocycles. The molecule has 20 heavy (non-hydrogen) atoms. The molecule has 0 heteroatoms. The molecule has 0 heterocycles. The summed E-state index contributed by atoms with van der Waals surface area (Å²) in [6.07, 6.45) is 13.0. The van der Waals surface area contributed by atoms with Crippen LogP contribution in [0.25, 0.3) is 45.8 Å². The predicted molar refractivity (Wildman–Crippen MR) is 87.7 cm³/mol. The van der Waals surface area contributed by atoms with Gasteiger partial charge in [0.05, 0.1) is 0 Å². The van der Waals surface area contributed by atoms with Gasteiger partial charge in [0.25, 0.3) is 0 Å². The standard InChI is InChI=1S/C20H12/c1-4-14-9-17-11-16-8-7-13-3-2-6-19(13)20(16)12-18(17)10-15(14)5-1/h1-12H. The number of rotatable bonds is 0. The Morgan fingerprint density at radius 2 is 1.45 bits per heavy atom. The van der Waals surface area contributed by atoms with Crippen LogP contribution in [0.5, 0.6) is 0 Å². The van der Waals surface area contributed by atoms with Crippen molar-refractivity contribution in [3.63, 3.8) is 0 Å². The molecule has 0 spiro atoms. The van der Waals surface area contributed by atoms with Gasteiger partial charge in [-0.3, -0.25) is 0 Å². The van der Waals surface area contributed by atoms with Gasteiger partial charge in [0.2, 0.25) is 0 Å². The molecule has 2 aliphatic carbocycles. The molecular formula is C20H12. The van der Waals surface area contributed by atoms with Gasteiger partial charge in [0.15, 0.2) is 0 Å². The Labute approximate surface area is 116 Å². The van der Waals surface area contributed by atoms with Crippen LogP contribution in [0.4, 0.5) is 0 Å². The molecule has 0 radical (unpaired) electrons. The first-order valence-corrected chi connectivity index (χ1v) is 6.96. The van der Waals surface area contributed by atoms with E-state index in [2.05, 4.69) is 72.9 Å². The molecule has 0 unspecified atom stereocenters. The third kappa shape index (κ3) is 1.26. The minimum absolute atomic E-state index is 1.32. The molecule has 0 aromatic heterocycles. The number of benzene rings is 3. The molecule has 0 amide bonds. The first-order valence-electron chi connectivity index (χ1n) is 6.96. The van der Waals surface area contributed by atoms with Gasteiger partial charge in [-0.15, -0.1) is 0 Å². The lowest BCUT2D eigenvalue weighted by molar-refractivity contribution is 1.63. The second kappa shape index (κ2) is 3.49. The summed E-state index contributed by atoms with van der Waals surface area (Å²) in [5.41, 5.74) is 2.68. The van der Waals surface area contributed by atoms with E-state index in [1.54, 1.807) is 0 Å². The van der Waals surface area contributed by atoms with Crippen LogP contribution >= 0.6 is 0 Å². The first-order chi connectivity index (χ1) is 9.88. The smallest absolute Gasteiger partial charge is 0.00990 e. The number of hydrogen-bond acceptors (Lipinski definition) is 0. The fourth-order valence-electron chi connectivity index (χ4n) is 3.32. The average molecular weight is 252 g/mol. The van der Waals surface area contributed by atoms with Gasteiger partial charge in [0, 0.05) is 0 Å². The Morgan fingerprint density at radius 1 is 0.600 bits per heavy atom. The molecule has 92 valence electrons. The fraction of sp³-hybridized carbons (Fsp3) is 0. The zero-order chi connectivity index (χ0) is 13.1. The van der Waals surface area contributed by atoms with Crippen LogP contribution in [0, 0.1) is 0 Å². The lowest BCUT2D eigenvalue weighted by Gasteiger charge is -2.06. The Balaban J connectivity index is 1.99. The van der Waals surface area contributed by atoms with E-state index in [0.717, 1.165) is 0 Å². The molecule has 0 saturated carbocycles. The van der Waals surface area contributed by atoms with Crippen LogP contribution in [-0.4, -0.2) is 0 Å². The average Bonchev–Trinajstić information content (AvgIpc) is 3.10. The molecule has 2 aliphatic rings.